The molecular formula is C32H37N3O. The summed E-state index contributed by atoms with van der Waals surface area (Å²) < 4.78 is 2.29. The van der Waals surface area contributed by atoms with Crippen molar-refractivity contribution in [3.8, 4) is 5.69 Å². The molecule has 186 valence electrons. The highest BCUT2D eigenvalue weighted by atomic mass is 16.2. The standard InChI is InChI=1S/C32H37N3O/c1-21(2)25-9-11-26(12-10-25)30-29-8-5-13-34(29)28-7-4-3-6-27(28)20-35(30)31(36)33-32-17-22-14-23(18-32)16-24(15-22)19-32/h3-13,21-24,30H,14-20H2,1-2H3,(H,33,36)/t22?,23?,24?,30-,32?/m1/s1. The number of urea groups is 1. The van der Waals surface area contributed by atoms with Gasteiger partial charge in [-0.25, -0.2) is 4.79 Å². The molecule has 4 aliphatic carbocycles. The largest absolute Gasteiger partial charge is 0.332 e. The molecule has 8 rings (SSSR count). The minimum absolute atomic E-state index is 0.00823. The van der Waals surface area contributed by atoms with Gasteiger partial charge in [-0.3, -0.25) is 0 Å². The van der Waals surface area contributed by atoms with Crippen molar-refractivity contribution in [3.05, 3.63) is 89.2 Å². The first kappa shape index (κ1) is 22.2. The zero-order chi connectivity index (χ0) is 24.4. The van der Waals surface area contributed by atoms with Gasteiger partial charge in [-0.1, -0.05) is 56.3 Å². The van der Waals surface area contributed by atoms with Gasteiger partial charge in [0.15, 0.2) is 0 Å². The normalized spacial score (nSPS) is 30.1. The molecule has 2 amide bonds. The first-order valence-electron chi connectivity index (χ1n) is 13.9. The van der Waals surface area contributed by atoms with Crippen molar-refractivity contribution in [1.29, 1.82) is 0 Å². The quantitative estimate of drug-likeness (QED) is 0.424. The lowest BCUT2D eigenvalue weighted by Crippen LogP contribution is -2.62. The van der Waals surface area contributed by atoms with Gasteiger partial charge in [0, 0.05) is 17.4 Å². The van der Waals surface area contributed by atoms with Crippen LogP contribution in [-0.2, 0) is 6.54 Å². The van der Waals surface area contributed by atoms with Crippen LogP contribution in [0.15, 0.2) is 66.9 Å². The van der Waals surface area contributed by atoms with Gasteiger partial charge in [0.1, 0.15) is 0 Å². The molecule has 4 saturated carbocycles. The molecule has 2 heterocycles. The molecule has 1 atom stereocenters. The fourth-order valence-electron chi connectivity index (χ4n) is 8.32. The summed E-state index contributed by atoms with van der Waals surface area (Å²) in [5.74, 6) is 2.89. The van der Waals surface area contributed by atoms with E-state index in [1.807, 2.05) is 0 Å². The van der Waals surface area contributed by atoms with Gasteiger partial charge in [0.2, 0.25) is 0 Å². The third kappa shape index (κ3) is 3.60. The maximum absolute atomic E-state index is 14.3. The van der Waals surface area contributed by atoms with Crippen LogP contribution >= 0.6 is 0 Å². The van der Waals surface area contributed by atoms with E-state index < -0.39 is 0 Å². The zero-order valence-corrected chi connectivity index (χ0v) is 21.5. The van der Waals surface area contributed by atoms with E-state index in [-0.39, 0.29) is 17.6 Å². The molecule has 1 N–H and O–H groups in total. The predicted octanol–water partition coefficient (Wildman–Crippen LogP) is 7.18. The molecule has 2 aromatic carbocycles. The highest BCUT2D eigenvalue weighted by Gasteiger charge is 2.52. The number of aromatic nitrogens is 1. The molecule has 3 aromatic rings. The SMILES string of the molecule is CC(C)c1ccc([C@@H]2c3cccn3-c3ccccc3CN2C(=O)NC23CC4CC(CC(C4)C2)C3)cc1. The monoisotopic (exact) mass is 479 g/mol. The van der Waals surface area contributed by atoms with E-state index in [1.54, 1.807) is 0 Å². The number of para-hydroxylation sites is 1. The summed E-state index contributed by atoms with van der Waals surface area (Å²) in [6, 6.07) is 21.7. The highest BCUT2D eigenvalue weighted by Crippen LogP contribution is 2.55. The van der Waals surface area contributed by atoms with Crippen LogP contribution in [0.1, 0.15) is 86.7 Å². The van der Waals surface area contributed by atoms with Gasteiger partial charge < -0.3 is 14.8 Å². The topological polar surface area (TPSA) is 37.3 Å². The minimum atomic E-state index is -0.137. The second kappa shape index (κ2) is 8.26. The Bertz CT molecular complexity index is 1250. The summed E-state index contributed by atoms with van der Waals surface area (Å²) in [5.41, 5.74) is 6.01. The summed E-state index contributed by atoms with van der Waals surface area (Å²) >= 11 is 0. The maximum atomic E-state index is 14.3. The van der Waals surface area contributed by atoms with Gasteiger partial charge in [0.05, 0.1) is 18.3 Å². The lowest BCUT2D eigenvalue weighted by Gasteiger charge is -2.57. The number of hydrogen-bond acceptors (Lipinski definition) is 1. The third-order valence-corrected chi connectivity index (χ3v) is 9.55. The van der Waals surface area contributed by atoms with Crippen LogP contribution in [0.25, 0.3) is 5.69 Å². The summed E-state index contributed by atoms with van der Waals surface area (Å²) in [4.78, 5) is 16.5. The molecule has 4 heteroatoms. The van der Waals surface area contributed by atoms with Crippen molar-refractivity contribution < 1.29 is 4.79 Å². The van der Waals surface area contributed by atoms with Crippen LogP contribution in [0.5, 0.6) is 0 Å². The Morgan fingerprint density at radius 2 is 1.56 bits per heavy atom. The highest BCUT2D eigenvalue weighted by molar-refractivity contribution is 5.77. The lowest BCUT2D eigenvalue weighted by molar-refractivity contribution is -0.0163. The fourth-order valence-corrected chi connectivity index (χ4v) is 8.32. The molecule has 1 aliphatic heterocycles. The first-order chi connectivity index (χ1) is 17.5. The molecule has 0 unspecified atom stereocenters. The molecule has 36 heavy (non-hydrogen) atoms. The lowest BCUT2D eigenvalue weighted by atomic mass is 9.53. The Labute approximate surface area is 214 Å². The number of amides is 2. The minimum Gasteiger partial charge on any atom is -0.332 e. The van der Waals surface area contributed by atoms with Gasteiger partial charge in [0.25, 0.3) is 0 Å². The van der Waals surface area contributed by atoms with Crippen molar-refractivity contribution in [1.82, 2.24) is 14.8 Å². The van der Waals surface area contributed by atoms with Gasteiger partial charge in [-0.2, -0.15) is 0 Å². The van der Waals surface area contributed by atoms with E-state index in [2.05, 4.69) is 95.5 Å². The smallest absolute Gasteiger partial charge is 0.318 e. The molecule has 5 aliphatic rings. The Kier molecular flexibility index (Phi) is 5.09. The average Bonchev–Trinajstić information content (AvgIpc) is 3.27. The molecule has 4 bridgehead atoms. The number of benzene rings is 2. The van der Waals surface area contributed by atoms with Crippen molar-refractivity contribution in [2.45, 2.75) is 76.4 Å². The molecule has 4 nitrogen and oxygen atoms in total. The molecule has 0 radical (unpaired) electrons. The van der Waals surface area contributed by atoms with Gasteiger partial charge >= 0.3 is 6.03 Å². The van der Waals surface area contributed by atoms with Gasteiger partial charge in [-0.15, -0.1) is 0 Å². The predicted molar refractivity (Wildman–Crippen MR) is 143 cm³/mol. The fraction of sp³-hybridized carbons (Fsp3) is 0.469. The van der Waals surface area contributed by atoms with E-state index in [0.717, 1.165) is 23.4 Å². The van der Waals surface area contributed by atoms with Crippen LogP contribution < -0.4 is 5.32 Å². The molecule has 1 aromatic heterocycles. The number of carbonyl (C=O) groups excluding carboxylic acids is 1. The van der Waals surface area contributed by atoms with E-state index >= 15 is 0 Å². The summed E-state index contributed by atoms with van der Waals surface area (Å²) in [6.45, 7) is 5.06. The third-order valence-electron chi connectivity index (χ3n) is 9.55. The number of nitrogens with zero attached hydrogens (tertiary/aromatic N) is 2. The Balaban J connectivity index is 1.29. The van der Waals surface area contributed by atoms with Crippen molar-refractivity contribution in [2.24, 2.45) is 17.8 Å². The maximum Gasteiger partial charge on any atom is 0.318 e. The molecule has 0 saturated heterocycles. The summed E-state index contributed by atoms with van der Waals surface area (Å²) in [5, 5.41) is 3.68. The number of fused-ring (bicyclic) bond motifs is 3. The van der Waals surface area contributed by atoms with Crippen molar-refractivity contribution in [3.63, 3.8) is 0 Å². The van der Waals surface area contributed by atoms with Crippen molar-refractivity contribution >= 4 is 6.03 Å². The second-order valence-electron chi connectivity index (χ2n) is 12.4. The number of hydrogen-bond donors (Lipinski definition) is 1. The van der Waals surface area contributed by atoms with Gasteiger partial charge in [-0.05, 0) is 97.1 Å². The Hall–Kier alpha value is -3.01. The van der Waals surface area contributed by atoms with Crippen LogP contribution in [0.3, 0.4) is 0 Å². The summed E-state index contributed by atoms with van der Waals surface area (Å²) in [6.07, 6.45) is 9.78. The first-order valence-corrected chi connectivity index (χ1v) is 13.9. The van der Waals surface area contributed by atoms with Crippen LogP contribution in [0.2, 0.25) is 0 Å². The number of nitrogens with one attached hydrogen (secondary N) is 1. The Morgan fingerprint density at radius 1 is 0.889 bits per heavy atom. The molecular weight excluding hydrogens is 442 g/mol. The number of rotatable bonds is 3. The van der Waals surface area contributed by atoms with E-state index in [4.69, 9.17) is 0 Å². The van der Waals surface area contributed by atoms with E-state index in [1.165, 1.54) is 60.9 Å². The Morgan fingerprint density at radius 3 is 2.22 bits per heavy atom. The summed E-state index contributed by atoms with van der Waals surface area (Å²) in [7, 11) is 0. The molecule has 4 fully saturated rings. The van der Waals surface area contributed by atoms with E-state index in [0.29, 0.717) is 12.5 Å². The zero-order valence-electron chi connectivity index (χ0n) is 21.5. The van der Waals surface area contributed by atoms with Crippen LogP contribution in [0, 0.1) is 17.8 Å². The van der Waals surface area contributed by atoms with Crippen LogP contribution in [0.4, 0.5) is 4.79 Å². The van der Waals surface area contributed by atoms with E-state index in [9.17, 15) is 4.79 Å². The van der Waals surface area contributed by atoms with Crippen molar-refractivity contribution in [2.75, 3.05) is 0 Å². The molecule has 0 spiro atoms. The average molecular weight is 480 g/mol. The van der Waals surface area contributed by atoms with Crippen LogP contribution in [-0.4, -0.2) is 21.0 Å². The number of carbonyl (C=O) groups is 1. The second-order valence-corrected chi connectivity index (χ2v) is 12.4.